The molecule has 1 saturated carbocycles. The normalized spacial score (nSPS) is 21.0. The zero-order valence-electron chi connectivity index (χ0n) is 19.9. The van der Waals surface area contributed by atoms with Crippen molar-refractivity contribution < 1.29 is 14.6 Å². The first-order valence-corrected chi connectivity index (χ1v) is 12.6. The Hall–Kier alpha value is -3.43. The second kappa shape index (κ2) is 8.35. The Balaban J connectivity index is 1.42. The van der Waals surface area contributed by atoms with E-state index in [-0.39, 0.29) is 18.6 Å². The smallest absolute Gasteiger partial charge is 0.343 e. The lowest BCUT2D eigenvalue weighted by atomic mass is 9.86. The molecule has 4 heterocycles. The molecule has 2 aliphatic heterocycles. The summed E-state index contributed by atoms with van der Waals surface area (Å²) in [5.41, 5.74) is 2.66. The first-order valence-electron chi connectivity index (χ1n) is 12.6. The van der Waals surface area contributed by atoms with Crippen LogP contribution in [0.15, 0.2) is 35.1 Å². The number of carbonyl (C=O) groups is 1. The lowest BCUT2D eigenvalue weighted by molar-refractivity contribution is -0.172. The van der Waals surface area contributed by atoms with E-state index in [1.54, 1.807) is 17.6 Å². The summed E-state index contributed by atoms with van der Waals surface area (Å²) in [5, 5.41) is 12.0. The van der Waals surface area contributed by atoms with Gasteiger partial charge in [-0.2, -0.15) is 0 Å². The summed E-state index contributed by atoms with van der Waals surface area (Å²) in [4.78, 5) is 30.6. The van der Waals surface area contributed by atoms with Crippen molar-refractivity contribution in [2.45, 2.75) is 70.6 Å². The van der Waals surface area contributed by atoms with Crippen LogP contribution in [0, 0.1) is 17.8 Å². The lowest BCUT2D eigenvalue weighted by Gasteiger charge is -2.31. The van der Waals surface area contributed by atoms with Gasteiger partial charge in [-0.15, -0.1) is 0 Å². The zero-order valence-corrected chi connectivity index (χ0v) is 19.9. The molecular formula is C29H28N2O4. The molecule has 0 radical (unpaired) electrons. The average Bonchev–Trinajstić information content (AvgIpc) is 3.24. The SMILES string of the molecule is CC[C@@]1(O)C(=O)OCc2c1cc1n(c2=O)Cc2cc3c(C#CCC4CCCCC4)cccc3nc2-1. The fourth-order valence-electron chi connectivity index (χ4n) is 5.79. The molecule has 1 atom stereocenters. The monoisotopic (exact) mass is 468 g/mol. The lowest BCUT2D eigenvalue weighted by Crippen LogP contribution is -2.44. The molecule has 1 N–H and O–H groups in total. The summed E-state index contributed by atoms with van der Waals surface area (Å²) in [6.45, 7) is 1.97. The van der Waals surface area contributed by atoms with Gasteiger partial charge in [-0.05, 0) is 49.4 Å². The van der Waals surface area contributed by atoms with Crippen LogP contribution in [0.3, 0.4) is 0 Å². The molecule has 6 heteroatoms. The van der Waals surface area contributed by atoms with Crippen LogP contribution < -0.4 is 5.56 Å². The Labute approximate surface area is 204 Å². The maximum Gasteiger partial charge on any atom is 0.343 e. The van der Waals surface area contributed by atoms with Gasteiger partial charge in [0.2, 0.25) is 0 Å². The molecule has 6 nitrogen and oxygen atoms in total. The molecular weight excluding hydrogens is 440 g/mol. The molecule has 1 aromatic carbocycles. The highest BCUT2D eigenvalue weighted by Crippen LogP contribution is 2.38. The van der Waals surface area contributed by atoms with E-state index in [1.165, 1.54) is 32.1 Å². The van der Waals surface area contributed by atoms with Gasteiger partial charge in [-0.25, -0.2) is 9.78 Å². The first kappa shape index (κ1) is 22.1. The van der Waals surface area contributed by atoms with Gasteiger partial charge in [-0.3, -0.25) is 4.79 Å². The Morgan fingerprint density at radius 2 is 2.03 bits per heavy atom. The van der Waals surface area contributed by atoms with Crippen molar-refractivity contribution in [2.24, 2.45) is 5.92 Å². The highest BCUT2D eigenvalue weighted by Gasteiger charge is 2.45. The number of nitrogens with zero attached hydrogens (tertiary/aromatic N) is 2. The number of hydrogen-bond acceptors (Lipinski definition) is 5. The Morgan fingerprint density at radius 1 is 1.20 bits per heavy atom. The van der Waals surface area contributed by atoms with Gasteiger partial charge in [0.15, 0.2) is 5.60 Å². The quantitative estimate of drug-likeness (QED) is 0.348. The van der Waals surface area contributed by atoms with E-state index in [0.29, 0.717) is 35.0 Å². The molecule has 1 fully saturated rings. The summed E-state index contributed by atoms with van der Waals surface area (Å²) >= 11 is 0. The van der Waals surface area contributed by atoms with E-state index in [9.17, 15) is 14.7 Å². The largest absolute Gasteiger partial charge is 0.458 e. The molecule has 3 aliphatic rings. The van der Waals surface area contributed by atoms with E-state index in [2.05, 4.69) is 17.9 Å². The Morgan fingerprint density at radius 3 is 2.83 bits per heavy atom. The maximum absolute atomic E-state index is 13.3. The average molecular weight is 469 g/mol. The van der Waals surface area contributed by atoms with Crippen molar-refractivity contribution in [1.82, 2.24) is 9.55 Å². The van der Waals surface area contributed by atoms with Gasteiger partial charge in [0, 0.05) is 28.5 Å². The second-order valence-corrected chi connectivity index (χ2v) is 9.98. The number of benzene rings is 1. The number of hydrogen-bond donors (Lipinski definition) is 1. The van der Waals surface area contributed by atoms with Crippen LogP contribution in [-0.4, -0.2) is 20.6 Å². The summed E-state index contributed by atoms with van der Waals surface area (Å²) in [6, 6.07) is 9.79. The van der Waals surface area contributed by atoms with Crippen LogP contribution in [-0.2, 0) is 28.3 Å². The summed E-state index contributed by atoms with van der Waals surface area (Å²) in [5.74, 6) is 6.79. The maximum atomic E-state index is 13.3. The molecule has 0 unspecified atom stereocenters. The number of pyridine rings is 2. The number of aliphatic hydroxyl groups is 1. The first-order chi connectivity index (χ1) is 17.0. The minimum atomic E-state index is -1.82. The standard InChI is InChI=1S/C29H28N2O4/c1-2-29(34)23-15-25-26-20(16-31(25)27(32)22(23)17-35-28(29)33)14-21-19(12-7-13-24(21)30-26)11-6-10-18-8-4-3-5-9-18/h7,12-15,18,34H,2-5,8-10,16-17H2,1H3/t29-/m0/s1. The van der Waals surface area contributed by atoms with Crippen molar-refractivity contribution >= 4 is 16.9 Å². The van der Waals surface area contributed by atoms with Crippen molar-refractivity contribution in [1.29, 1.82) is 0 Å². The molecule has 1 aliphatic carbocycles. The summed E-state index contributed by atoms with van der Waals surface area (Å²) in [6.07, 6.45) is 7.59. The van der Waals surface area contributed by atoms with Crippen LogP contribution in [0.2, 0.25) is 0 Å². The molecule has 6 rings (SSSR count). The second-order valence-electron chi connectivity index (χ2n) is 9.98. The van der Waals surface area contributed by atoms with Gasteiger partial charge >= 0.3 is 5.97 Å². The van der Waals surface area contributed by atoms with Gasteiger partial charge < -0.3 is 14.4 Å². The highest BCUT2D eigenvalue weighted by molar-refractivity contribution is 5.89. The third-order valence-corrected chi connectivity index (χ3v) is 7.89. The van der Waals surface area contributed by atoms with Gasteiger partial charge in [0.25, 0.3) is 5.56 Å². The molecule has 0 saturated heterocycles. The number of carbonyl (C=O) groups excluding carboxylic acids is 1. The van der Waals surface area contributed by atoms with Gasteiger partial charge in [0.1, 0.15) is 6.61 Å². The number of rotatable bonds is 2. The van der Waals surface area contributed by atoms with Crippen LogP contribution in [0.5, 0.6) is 0 Å². The Bertz CT molecular complexity index is 1490. The molecule has 2 aromatic heterocycles. The fourth-order valence-corrected chi connectivity index (χ4v) is 5.79. The van der Waals surface area contributed by atoms with Crippen molar-refractivity contribution in [2.75, 3.05) is 0 Å². The van der Waals surface area contributed by atoms with Crippen molar-refractivity contribution in [3.05, 3.63) is 62.9 Å². The topological polar surface area (TPSA) is 81.4 Å². The summed E-state index contributed by atoms with van der Waals surface area (Å²) in [7, 11) is 0. The van der Waals surface area contributed by atoms with Crippen LogP contribution >= 0.6 is 0 Å². The number of ether oxygens (including phenoxy) is 1. The third kappa shape index (κ3) is 3.49. The van der Waals surface area contributed by atoms with Crippen molar-refractivity contribution in [3.63, 3.8) is 0 Å². The number of fused-ring (bicyclic) bond motifs is 5. The van der Waals surface area contributed by atoms with Crippen LogP contribution in [0.4, 0.5) is 0 Å². The van der Waals surface area contributed by atoms with E-state index < -0.39 is 11.6 Å². The molecule has 0 amide bonds. The zero-order chi connectivity index (χ0) is 24.2. The number of cyclic esters (lactones) is 1. The molecule has 178 valence electrons. The molecule has 0 bridgehead atoms. The van der Waals surface area contributed by atoms with Crippen LogP contribution in [0.1, 0.15) is 74.1 Å². The third-order valence-electron chi connectivity index (χ3n) is 7.89. The minimum Gasteiger partial charge on any atom is -0.458 e. The van der Waals surface area contributed by atoms with Gasteiger partial charge in [0.05, 0.1) is 29.0 Å². The number of aromatic nitrogens is 2. The van der Waals surface area contributed by atoms with E-state index in [1.807, 2.05) is 18.2 Å². The summed E-state index contributed by atoms with van der Waals surface area (Å²) < 4.78 is 6.82. The van der Waals surface area contributed by atoms with Crippen LogP contribution in [0.25, 0.3) is 22.3 Å². The van der Waals surface area contributed by atoms with E-state index >= 15 is 0 Å². The Kier molecular flexibility index (Phi) is 5.26. The van der Waals surface area contributed by atoms with Gasteiger partial charge in [-0.1, -0.05) is 44.1 Å². The van der Waals surface area contributed by atoms with Crippen molar-refractivity contribution in [3.8, 4) is 23.2 Å². The highest BCUT2D eigenvalue weighted by atomic mass is 16.6. The van der Waals surface area contributed by atoms with E-state index in [0.717, 1.165) is 28.5 Å². The minimum absolute atomic E-state index is 0.123. The predicted molar refractivity (Wildman–Crippen MR) is 133 cm³/mol. The molecule has 3 aromatic rings. The predicted octanol–water partition coefficient (Wildman–Crippen LogP) is 4.40. The van der Waals surface area contributed by atoms with E-state index in [4.69, 9.17) is 9.72 Å². The molecule has 35 heavy (non-hydrogen) atoms. The molecule has 0 spiro atoms. The fraction of sp³-hybridized carbons (Fsp3) is 0.414. The number of esters is 1.